The lowest BCUT2D eigenvalue weighted by Crippen LogP contribution is -2.40. The molecule has 0 aromatic carbocycles. The normalized spacial score (nSPS) is 32.8. The topological polar surface area (TPSA) is 34.1 Å². The predicted octanol–water partition coefficient (Wildman–Crippen LogP) is 4.89. The number of hydrogen-bond acceptors (Lipinski definition) is 2. The van der Waals surface area contributed by atoms with Gasteiger partial charge in [-0.2, -0.15) is 0 Å². The molecule has 0 aromatic heterocycles. The van der Waals surface area contributed by atoms with Crippen molar-refractivity contribution in [2.24, 2.45) is 23.2 Å². The minimum absolute atomic E-state index is 0.149. The van der Waals surface area contributed by atoms with Gasteiger partial charge in [0.1, 0.15) is 0 Å². The summed E-state index contributed by atoms with van der Waals surface area (Å²) in [5.41, 5.74) is 2.49. The molecule has 0 saturated heterocycles. The SMILES string of the molecule is CC(C)=CC(=O)CC(C)C1CCC2(C)CC(=O)C=C(C)C2C1. The summed E-state index contributed by atoms with van der Waals surface area (Å²) in [6.45, 7) is 10.6. The minimum atomic E-state index is 0.149. The Bertz CT molecular complexity index is 522. The lowest BCUT2D eigenvalue weighted by atomic mass is 9.56. The van der Waals surface area contributed by atoms with E-state index in [4.69, 9.17) is 0 Å². The van der Waals surface area contributed by atoms with Crippen molar-refractivity contribution in [3.05, 3.63) is 23.3 Å². The van der Waals surface area contributed by atoms with Gasteiger partial charge in [0.15, 0.2) is 11.6 Å². The minimum Gasteiger partial charge on any atom is -0.295 e. The highest BCUT2D eigenvalue weighted by Crippen LogP contribution is 2.52. The van der Waals surface area contributed by atoms with Gasteiger partial charge in [0.05, 0.1) is 0 Å². The van der Waals surface area contributed by atoms with E-state index in [0.29, 0.717) is 36.4 Å². The molecule has 0 spiro atoms. The van der Waals surface area contributed by atoms with Crippen molar-refractivity contribution in [3.8, 4) is 0 Å². The van der Waals surface area contributed by atoms with Gasteiger partial charge in [-0.1, -0.05) is 25.0 Å². The van der Waals surface area contributed by atoms with E-state index in [0.717, 1.165) is 24.8 Å². The number of rotatable bonds is 4. The van der Waals surface area contributed by atoms with Crippen LogP contribution in [0.5, 0.6) is 0 Å². The Morgan fingerprint density at radius 1 is 1.45 bits per heavy atom. The van der Waals surface area contributed by atoms with E-state index in [2.05, 4.69) is 20.8 Å². The van der Waals surface area contributed by atoms with Gasteiger partial charge in [-0.25, -0.2) is 0 Å². The molecule has 0 bridgehead atoms. The van der Waals surface area contributed by atoms with E-state index in [1.54, 1.807) is 6.08 Å². The Hall–Kier alpha value is -1.18. The van der Waals surface area contributed by atoms with Crippen molar-refractivity contribution in [3.63, 3.8) is 0 Å². The number of ketones is 2. The highest BCUT2D eigenvalue weighted by molar-refractivity contribution is 5.92. The number of hydrogen-bond donors (Lipinski definition) is 0. The van der Waals surface area contributed by atoms with Gasteiger partial charge >= 0.3 is 0 Å². The molecule has 0 aliphatic heterocycles. The van der Waals surface area contributed by atoms with E-state index in [-0.39, 0.29) is 11.2 Å². The van der Waals surface area contributed by atoms with Crippen LogP contribution in [-0.4, -0.2) is 11.6 Å². The van der Waals surface area contributed by atoms with Crippen LogP contribution in [0.25, 0.3) is 0 Å². The first-order valence-electron chi connectivity index (χ1n) is 8.60. The standard InChI is InChI=1S/C20H30O2/c1-13(2)8-17(21)9-14(3)16-6-7-20(5)12-18(22)10-15(4)19(20)11-16/h8,10,14,16,19H,6-7,9,11-12H2,1-5H3. The first-order valence-corrected chi connectivity index (χ1v) is 8.60. The van der Waals surface area contributed by atoms with Gasteiger partial charge < -0.3 is 0 Å². The van der Waals surface area contributed by atoms with E-state index >= 15 is 0 Å². The fraction of sp³-hybridized carbons (Fsp3) is 0.700. The Morgan fingerprint density at radius 3 is 2.77 bits per heavy atom. The van der Waals surface area contributed by atoms with Crippen LogP contribution in [0.2, 0.25) is 0 Å². The summed E-state index contributed by atoms with van der Waals surface area (Å²) in [4.78, 5) is 23.9. The zero-order valence-electron chi connectivity index (χ0n) is 14.7. The van der Waals surface area contributed by atoms with Crippen LogP contribution >= 0.6 is 0 Å². The second kappa shape index (κ2) is 6.52. The van der Waals surface area contributed by atoms with Crippen molar-refractivity contribution < 1.29 is 9.59 Å². The molecule has 2 nitrogen and oxygen atoms in total. The lowest BCUT2D eigenvalue weighted by Gasteiger charge is -2.48. The monoisotopic (exact) mass is 302 g/mol. The Labute approximate surface area is 135 Å². The summed E-state index contributed by atoms with van der Waals surface area (Å²) in [5.74, 6) is 2.10. The molecule has 2 aliphatic carbocycles. The molecule has 0 radical (unpaired) electrons. The lowest BCUT2D eigenvalue weighted by molar-refractivity contribution is -0.119. The molecule has 0 aromatic rings. The Morgan fingerprint density at radius 2 is 2.14 bits per heavy atom. The van der Waals surface area contributed by atoms with Crippen LogP contribution in [-0.2, 0) is 9.59 Å². The van der Waals surface area contributed by atoms with Gasteiger partial charge in [-0.15, -0.1) is 0 Å². The van der Waals surface area contributed by atoms with E-state index < -0.39 is 0 Å². The van der Waals surface area contributed by atoms with Crippen molar-refractivity contribution in [2.75, 3.05) is 0 Å². The summed E-state index contributed by atoms with van der Waals surface area (Å²) >= 11 is 0. The van der Waals surface area contributed by atoms with Crippen LogP contribution < -0.4 is 0 Å². The highest BCUT2D eigenvalue weighted by atomic mass is 16.1. The quantitative estimate of drug-likeness (QED) is 0.693. The molecule has 0 N–H and O–H groups in total. The first-order chi connectivity index (χ1) is 10.2. The molecule has 4 unspecified atom stereocenters. The van der Waals surface area contributed by atoms with Crippen molar-refractivity contribution >= 4 is 11.6 Å². The third-order valence-corrected chi connectivity index (χ3v) is 5.76. The van der Waals surface area contributed by atoms with Crippen molar-refractivity contribution in [1.29, 1.82) is 0 Å². The summed E-state index contributed by atoms with van der Waals surface area (Å²) in [6, 6.07) is 0. The summed E-state index contributed by atoms with van der Waals surface area (Å²) < 4.78 is 0. The zero-order valence-corrected chi connectivity index (χ0v) is 14.7. The molecule has 4 atom stereocenters. The summed E-state index contributed by atoms with van der Waals surface area (Å²) in [5, 5.41) is 0. The average Bonchev–Trinajstić information content (AvgIpc) is 2.35. The van der Waals surface area contributed by atoms with Gasteiger partial charge in [-0.3, -0.25) is 9.59 Å². The second-order valence-corrected chi connectivity index (χ2v) is 8.14. The number of carbonyl (C=O) groups is 2. The average molecular weight is 302 g/mol. The van der Waals surface area contributed by atoms with Gasteiger partial charge in [0, 0.05) is 12.8 Å². The van der Waals surface area contributed by atoms with E-state index in [1.807, 2.05) is 19.9 Å². The highest BCUT2D eigenvalue weighted by Gasteiger charge is 2.44. The third kappa shape index (κ3) is 3.77. The van der Waals surface area contributed by atoms with Gasteiger partial charge in [0.25, 0.3) is 0 Å². The molecule has 0 amide bonds. The maximum atomic E-state index is 12.0. The summed E-state index contributed by atoms with van der Waals surface area (Å²) in [7, 11) is 0. The predicted molar refractivity (Wildman–Crippen MR) is 90.5 cm³/mol. The molecule has 2 aliphatic rings. The third-order valence-electron chi connectivity index (χ3n) is 5.76. The van der Waals surface area contributed by atoms with Crippen LogP contribution in [0.3, 0.4) is 0 Å². The van der Waals surface area contributed by atoms with Crippen LogP contribution in [0, 0.1) is 23.2 Å². The number of allylic oxidation sites excluding steroid dienone is 4. The molecule has 122 valence electrons. The zero-order chi connectivity index (χ0) is 16.5. The second-order valence-electron chi connectivity index (χ2n) is 8.14. The Kier molecular flexibility index (Phi) is 5.09. The first kappa shape index (κ1) is 17.2. The van der Waals surface area contributed by atoms with E-state index in [9.17, 15) is 9.59 Å². The fourth-order valence-corrected chi connectivity index (χ4v) is 4.53. The fourth-order valence-electron chi connectivity index (χ4n) is 4.53. The molecule has 22 heavy (non-hydrogen) atoms. The van der Waals surface area contributed by atoms with E-state index in [1.165, 1.54) is 5.57 Å². The summed E-state index contributed by atoms with van der Waals surface area (Å²) in [6.07, 6.45) is 8.38. The van der Waals surface area contributed by atoms with Gasteiger partial charge in [0.2, 0.25) is 0 Å². The molecular formula is C20H30O2. The molecule has 2 heteroatoms. The maximum Gasteiger partial charge on any atom is 0.156 e. The number of fused-ring (bicyclic) bond motifs is 1. The largest absolute Gasteiger partial charge is 0.295 e. The van der Waals surface area contributed by atoms with Crippen LogP contribution in [0.15, 0.2) is 23.3 Å². The van der Waals surface area contributed by atoms with Crippen molar-refractivity contribution in [1.82, 2.24) is 0 Å². The molecule has 0 heterocycles. The Balaban J connectivity index is 2.05. The smallest absolute Gasteiger partial charge is 0.156 e. The van der Waals surface area contributed by atoms with Crippen LogP contribution in [0.4, 0.5) is 0 Å². The van der Waals surface area contributed by atoms with Gasteiger partial charge in [-0.05, 0) is 75.4 Å². The van der Waals surface area contributed by atoms with Crippen molar-refractivity contribution in [2.45, 2.75) is 66.7 Å². The molecule has 1 fully saturated rings. The molecule has 2 rings (SSSR count). The maximum absolute atomic E-state index is 12.0. The molecule has 1 saturated carbocycles. The molecular weight excluding hydrogens is 272 g/mol. The van der Waals surface area contributed by atoms with Crippen LogP contribution in [0.1, 0.15) is 66.7 Å². The number of carbonyl (C=O) groups excluding carboxylic acids is 2.